The minimum Gasteiger partial charge on any atom is -0.445 e. The van der Waals surface area contributed by atoms with Crippen molar-refractivity contribution >= 4 is 6.09 Å². The molecule has 1 saturated heterocycles. The minimum absolute atomic E-state index is 0.222. The van der Waals surface area contributed by atoms with E-state index in [1.165, 1.54) is 0 Å². The summed E-state index contributed by atoms with van der Waals surface area (Å²) >= 11 is 0. The molecule has 21 heavy (non-hydrogen) atoms. The van der Waals surface area contributed by atoms with Gasteiger partial charge in [-0.1, -0.05) is 30.3 Å². The lowest BCUT2D eigenvalue weighted by atomic mass is 9.99. The zero-order chi connectivity index (χ0) is 15.2. The number of likely N-dealkylation sites (N-methyl/N-ethyl adjacent to an activating group) is 2. The number of piperidine rings is 1. The summed E-state index contributed by atoms with van der Waals surface area (Å²) in [4.78, 5) is 16.2. The van der Waals surface area contributed by atoms with Crippen LogP contribution in [0.25, 0.3) is 0 Å². The monoisotopic (exact) mass is 291 g/mol. The van der Waals surface area contributed by atoms with Crippen LogP contribution in [-0.2, 0) is 11.3 Å². The van der Waals surface area contributed by atoms with Gasteiger partial charge in [-0.15, -0.1) is 0 Å². The van der Waals surface area contributed by atoms with Crippen LogP contribution >= 0.6 is 0 Å². The van der Waals surface area contributed by atoms with Crippen molar-refractivity contribution in [2.45, 2.75) is 25.1 Å². The number of hydrogen-bond acceptors (Lipinski definition) is 4. The molecule has 5 heteroatoms. The first-order valence-electron chi connectivity index (χ1n) is 7.41. The number of benzene rings is 1. The minimum atomic E-state index is -0.222. The van der Waals surface area contributed by atoms with E-state index in [9.17, 15) is 4.79 Å². The van der Waals surface area contributed by atoms with Crippen molar-refractivity contribution < 1.29 is 9.53 Å². The summed E-state index contributed by atoms with van der Waals surface area (Å²) in [5, 5.41) is 3.33. The average Bonchev–Trinajstić information content (AvgIpc) is 2.52. The first-order chi connectivity index (χ1) is 10.1. The first kappa shape index (κ1) is 15.8. The second-order valence-corrected chi connectivity index (χ2v) is 5.70. The topological polar surface area (TPSA) is 44.8 Å². The number of likely N-dealkylation sites (tertiary alicyclic amines) is 1. The molecule has 1 aliphatic rings. The summed E-state index contributed by atoms with van der Waals surface area (Å²) in [6.45, 7) is 1.77. The van der Waals surface area contributed by atoms with Crippen LogP contribution in [0.5, 0.6) is 0 Å². The molecule has 0 spiro atoms. The van der Waals surface area contributed by atoms with Gasteiger partial charge in [0.25, 0.3) is 0 Å². The molecule has 1 aromatic rings. The molecule has 0 radical (unpaired) electrons. The third kappa shape index (κ3) is 4.19. The Morgan fingerprint density at radius 2 is 2.10 bits per heavy atom. The standard InChI is InChI=1S/C16H25N3O2/c1-17-14-9-10-19(11-15(14)18(2)3)16(20)21-12-13-7-5-4-6-8-13/h4-8,14-15,17H,9-12H2,1-3H3. The van der Waals surface area contributed by atoms with Gasteiger partial charge in [-0.3, -0.25) is 0 Å². The van der Waals surface area contributed by atoms with E-state index in [0.29, 0.717) is 25.2 Å². The Morgan fingerprint density at radius 1 is 1.38 bits per heavy atom. The Bertz CT molecular complexity index is 450. The number of carbonyl (C=O) groups is 1. The van der Waals surface area contributed by atoms with Crippen LogP contribution in [0.3, 0.4) is 0 Å². The van der Waals surface area contributed by atoms with Crippen molar-refractivity contribution in [1.82, 2.24) is 15.1 Å². The molecule has 2 unspecified atom stereocenters. The van der Waals surface area contributed by atoms with Gasteiger partial charge in [0.05, 0.1) is 0 Å². The molecule has 1 aromatic carbocycles. The Balaban J connectivity index is 1.88. The van der Waals surface area contributed by atoms with E-state index < -0.39 is 0 Å². The number of nitrogens with zero attached hydrogens (tertiary/aromatic N) is 2. The van der Waals surface area contributed by atoms with Gasteiger partial charge >= 0.3 is 6.09 Å². The highest BCUT2D eigenvalue weighted by Crippen LogP contribution is 2.16. The predicted octanol–water partition coefficient (Wildman–Crippen LogP) is 1.55. The molecular formula is C16H25N3O2. The molecule has 2 atom stereocenters. The van der Waals surface area contributed by atoms with Gasteiger partial charge in [-0.2, -0.15) is 0 Å². The molecule has 0 aromatic heterocycles. The van der Waals surface area contributed by atoms with Crippen LogP contribution in [0.1, 0.15) is 12.0 Å². The SMILES string of the molecule is CNC1CCN(C(=O)OCc2ccccc2)CC1N(C)C. The molecule has 2 rings (SSSR count). The second kappa shape index (κ2) is 7.43. The molecule has 0 bridgehead atoms. The van der Waals surface area contributed by atoms with E-state index in [2.05, 4.69) is 10.2 Å². The maximum atomic E-state index is 12.2. The Kier molecular flexibility index (Phi) is 5.59. The summed E-state index contributed by atoms with van der Waals surface area (Å²) in [5.74, 6) is 0. The fraction of sp³-hybridized carbons (Fsp3) is 0.562. The lowest BCUT2D eigenvalue weighted by Gasteiger charge is -2.41. The summed E-state index contributed by atoms with van der Waals surface area (Å²) in [6, 6.07) is 10.5. The van der Waals surface area contributed by atoms with E-state index >= 15 is 0 Å². The molecule has 0 saturated carbocycles. The highest BCUT2D eigenvalue weighted by molar-refractivity contribution is 5.67. The molecule has 5 nitrogen and oxygen atoms in total. The van der Waals surface area contributed by atoms with Crippen LogP contribution in [0.4, 0.5) is 4.79 Å². The normalized spacial score (nSPS) is 22.4. The maximum Gasteiger partial charge on any atom is 0.410 e. The summed E-state index contributed by atoms with van der Waals surface area (Å²) in [6.07, 6.45) is 0.722. The maximum absolute atomic E-state index is 12.2. The molecule has 0 aliphatic carbocycles. The Labute approximate surface area is 126 Å². The molecule has 1 N–H and O–H groups in total. The van der Waals surface area contributed by atoms with Crippen LogP contribution < -0.4 is 5.32 Å². The molecular weight excluding hydrogens is 266 g/mol. The molecule has 1 aliphatic heterocycles. The lowest BCUT2D eigenvalue weighted by Crippen LogP contribution is -2.58. The van der Waals surface area contributed by atoms with E-state index in [-0.39, 0.29) is 6.09 Å². The largest absolute Gasteiger partial charge is 0.445 e. The molecule has 1 heterocycles. The number of hydrogen-bond donors (Lipinski definition) is 1. The highest BCUT2D eigenvalue weighted by atomic mass is 16.6. The van der Waals surface area contributed by atoms with Gasteiger partial charge in [0.2, 0.25) is 0 Å². The zero-order valence-electron chi connectivity index (χ0n) is 13.1. The average molecular weight is 291 g/mol. The number of carbonyl (C=O) groups excluding carboxylic acids is 1. The van der Waals surface area contributed by atoms with Crippen molar-refractivity contribution in [3.8, 4) is 0 Å². The van der Waals surface area contributed by atoms with E-state index in [1.807, 2.05) is 51.5 Å². The van der Waals surface area contributed by atoms with Gasteiger partial charge in [0.15, 0.2) is 0 Å². The van der Waals surface area contributed by atoms with E-state index in [4.69, 9.17) is 4.74 Å². The highest BCUT2D eigenvalue weighted by Gasteiger charge is 2.32. The Morgan fingerprint density at radius 3 is 2.71 bits per heavy atom. The fourth-order valence-electron chi connectivity index (χ4n) is 2.77. The van der Waals surface area contributed by atoms with Gasteiger partial charge in [0.1, 0.15) is 6.61 Å². The van der Waals surface area contributed by atoms with Crippen LogP contribution in [0.15, 0.2) is 30.3 Å². The quantitative estimate of drug-likeness (QED) is 0.914. The number of ether oxygens (including phenoxy) is 1. The van der Waals surface area contributed by atoms with Crippen molar-refractivity contribution in [3.05, 3.63) is 35.9 Å². The third-order valence-electron chi connectivity index (χ3n) is 4.08. The van der Waals surface area contributed by atoms with E-state index in [0.717, 1.165) is 18.5 Å². The fourth-order valence-corrected chi connectivity index (χ4v) is 2.77. The van der Waals surface area contributed by atoms with Gasteiger partial charge in [-0.25, -0.2) is 4.79 Å². The van der Waals surface area contributed by atoms with Crippen LogP contribution in [0, 0.1) is 0 Å². The predicted molar refractivity (Wildman–Crippen MR) is 83.1 cm³/mol. The van der Waals surface area contributed by atoms with Crippen molar-refractivity contribution in [1.29, 1.82) is 0 Å². The smallest absolute Gasteiger partial charge is 0.410 e. The van der Waals surface area contributed by atoms with Crippen LogP contribution in [-0.4, -0.2) is 62.2 Å². The number of rotatable bonds is 4. The van der Waals surface area contributed by atoms with Crippen molar-refractivity contribution in [3.63, 3.8) is 0 Å². The van der Waals surface area contributed by atoms with Gasteiger partial charge in [0, 0.05) is 25.2 Å². The molecule has 1 amide bonds. The van der Waals surface area contributed by atoms with Crippen molar-refractivity contribution in [2.24, 2.45) is 0 Å². The number of amides is 1. The van der Waals surface area contributed by atoms with E-state index in [1.54, 1.807) is 4.90 Å². The summed E-state index contributed by atoms with van der Waals surface area (Å²) in [7, 11) is 6.08. The lowest BCUT2D eigenvalue weighted by molar-refractivity contribution is 0.0613. The third-order valence-corrected chi connectivity index (χ3v) is 4.08. The van der Waals surface area contributed by atoms with Crippen molar-refractivity contribution in [2.75, 3.05) is 34.2 Å². The summed E-state index contributed by atoms with van der Waals surface area (Å²) in [5.41, 5.74) is 1.01. The molecule has 116 valence electrons. The van der Waals surface area contributed by atoms with Gasteiger partial charge < -0.3 is 19.9 Å². The van der Waals surface area contributed by atoms with Gasteiger partial charge in [-0.05, 0) is 33.1 Å². The molecule has 1 fully saturated rings. The Hall–Kier alpha value is -1.59. The van der Waals surface area contributed by atoms with Crippen LogP contribution in [0.2, 0.25) is 0 Å². The first-order valence-corrected chi connectivity index (χ1v) is 7.41. The number of nitrogens with one attached hydrogen (secondary N) is 1. The zero-order valence-corrected chi connectivity index (χ0v) is 13.1. The summed E-state index contributed by atoms with van der Waals surface area (Å²) < 4.78 is 5.41. The second-order valence-electron chi connectivity index (χ2n) is 5.70.